The molecule has 1 aromatic heterocycles. The minimum atomic E-state index is 0.0859. The van der Waals surface area contributed by atoms with Crippen LogP contribution in [-0.2, 0) is 12.8 Å². The molecular formula is C21H25BrN2O2. The van der Waals surface area contributed by atoms with Crippen molar-refractivity contribution in [2.45, 2.75) is 32.6 Å². The van der Waals surface area contributed by atoms with Gasteiger partial charge in [-0.25, -0.2) is 0 Å². The molecule has 5 heteroatoms. The second kappa shape index (κ2) is 8.78. The summed E-state index contributed by atoms with van der Waals surface area (Å²) in [5.74, 6) is 1.15. The smallest absolute Gasteiger partial charge is 0.184 e. The third-order valence-corrected chi connectivity index (χ3v) is 5.34. The number of nitrogens with zero attached hydrogens (tertiary/aromatic N) is 1. The van der Waals surface area contributed by atoms with Gasteiger partial charge in [0.2, 0.25) is 0 Å². The largest absolute Gasteiger partial charge is 0.497 e. The minimum absolute atomic E-state index is 0.0859. The summed E-state index contributed by atoms with van der Waals surface area (Å²) in [5.41, 5.74) is 4.04. The third-order valence-electron chi connectivity index (χ3n) is 4.91. The highest BCUT2D eigenvalue weighted by Gasteiger charge is 2.25. The fraction of sp³-hybridized carbons (Fsp3) is 0.429. The number of carbonyl (C=O) groups excluding carboxylic acids is 1. The lowest BCUT2D eigenvalue weighted by atomic mass is 9.89. The molecule has 0 unspecified atom stereocenters. The molecule has 2 heterocycles. The van der Waals surface area contributed by atoms with Gasteiger partial charge in [-0.3, -0.25) is 9.78 Å². The van der Waals surface area contributed by atoms with E-state index in [0.29, 0.717) is 5.69 Å². The number of pyridine rings is 1. The molecule has 1 aliphatic rings. The lowest BCUT2D eigenvalue weighted by Crippen LogP contribution is -2.32. The number of carbonyl (C=O) groups is 1. The van der Waals surface area contributed by atoms with Crippen LogP contribution in [0.4, 0.5) is 0 Å². The Bertz CT molecular complexity index is 786. The van der Waals surface area contributed by atoms with Crippen LogP contribution in [0.3, 0.4) is 0 Å². The van der Waals surface area contributed by atoms with Gasteiger partial charge in [0.1, 0.15) is 11.4 Å². The summed E-state index contributed by atoms with van der Waals surface area (Å²) in [6.45, 7) is 3.88. The molecule has 0 saturated carbocycles. The number of aromatic nitrogens is 1. The first-order valence-electron chi connectivity index (χ1n) is 9.10. The molecule has 0 atom stereocenters. The van der Waals surface area contributed by atoms with E-state index >= 15 is 0 Å². The van der Waals surface area contributed by atoms with Gasteiger partial charge in [0.15, 0.2) is 5.78 Å². The zero-order valence-corrected chi connectivity index (χ0v) is 16.9. The fourth-order valence-electron chi connectivity index (χ4n) is 3.54. The number of hydrogen-bond acceptors (Lipinski definition) is 4. The van der Waals surface area contributed by atoms with Crippen LogP contribution in [-0.4, -0.2) is 31.0 Å². The second-order valence-corrected chi connectivity index (χ2v) is 7.82. The molecule has 0 spiro atoms. The number of ether oxygens (including phenoxy) is 1. The fourth-order valence-corrected chi connectivity index (χ4v) is 3.92. The van der Waals surface area contributed by atoms with Gasteiger partial charge < -0.3 is 10.1 Å². The van der Waals surface area contributed by atoms with E-state index in [1.165, 1.54) is 11.1 Å². The van der Waals surface area contributed by atoms with Crippen molar-refractivity contribution in [3.8, 4) is 5.75 Å². The molecule has 1 aromatic carbocycles. The van der Waals surface area contributed by atoms with Crippen LogP contribution in [0.15, 0.2) is 34.9 Å². The van der Waals surface area contributed by atoms with E-state index < -0.39 is 0 Å². The van der Waals surface area contributed by atoms with Crippen LogP contribution in [0.2, 0.25) is 0 Å². The summed E-state index contributed by atoms with van der Waals surface area (Å²) in [6, 6.07) is 8.29. The van der Waals surface area contributed by atoms with Crippen LogP contribution in [0.25, 0.3) is 0 Å². The summed E-state index contributed by atoms with van der Waals surface area (Å²) in [6.07, 6.45) is 5.15. The third kappa shape index (κ3) is 4.71. The van der Waals surface area contributed by atoms with Gasteiger partial charge in [0.25, 0.3) is 0 Å². The predicted molar refractivity (Wildman–Crippen MR) is 107 cm³/mol. The van der Waals surface area contributed by atoms with Crippen molar-refractivity contribution in [1.82, 2.24) is 10.3 Å². The Balaban J connectivity index is 1.79. The van der Waals surface area contributed by atoms with Crippen molar-refractivity contribution in [3.63, 3.8) is 0 Å². The lowest BCUT2D eigenvalue weighted by Gasteiger charge is -2.22. The summed E-state index contributed by atoms with van der Waals surface area (Å²) in [7, 11) is 1.69. The highest BCUT2D eigenvalue weighted by Crippen LogP contribution is 2.24. The Hall–Kier alpha value is -1.72. The summed E-state index contributed by atoms with van der Waals surface area (Å²) in [5, 5.41) is 3.32. The van der Waals surface area contributed by atoms with Gasteiger partial charge in [-0.05, 0) is 96.5 Å². The van der Waals surface area contributed by atoms with Crippen LogP contribution < -0.4 is 10.1 Å². The molecule has 26 heavy (non-hydrogen) atoms. The van der Waals surface area contributed by atoms with Gasteiger partial charge in [0, 0.05) is 16.6 Å². The minimum Gasteiger partial charge on any atom is -0.497 e. The van der Waals surface area contributed by atoms with E-state index in [9.17, 15) is 4.79 Å². The van der Waals surface area contributed by atoms with E-state index in [4.69, 9.17) is 4.74 Å². The van der Waals surface area contributed by atoms with Gasteiger partial charge >= 0.3 is 0 Å². The van der Waals surface area contributed by atoms with Crippen LogP contribution in [0, 0.1) is 12.8 Å². The van der Waals surface area contributed by atoms with Crippen molar-refractivity contribution in [2.24, 2.45) is 5.92 Å². The summed E-state index contributed by atoms with van der Waals surface area (Å²) >= 11 is 3.50. The summed E-state index contributed by atoms with van der Waals surface area (Å²) < 4.78 is 6.28. The Morgan fingerprint density at radius 3 is 2.73 bits per heavy atom. The normalized spacial score (nSPS) is 15.0. The Morgan fingerprint density at radius 2 is 2.00 bits per heavy atom. The van der Waals surface area contributed by atoms with Gasteiger partial charge in [-0.2, -0.15) is 0 Å². The van der Waals surface area contributed by atoms with E-state index in [1.54, 1.807) is 13.3 Å². The molecule has 1 fully saturated rings. The zero-order valence-electron chi connectivity index (χ0n) is 15.3. The molecule has 138 valence electrons. The van der Waals surface area contributed by atoms with Gasteiger partial charge in [0.05, 0.1) is 7.11 Å². The Kier molecular flexibility index (Phi) is 6.43. The number of rotatable bonds is 6. The van der Waals surface area contributed by atoms with Gasteiger partial charge in [-0.15, -0.1) is 0 Å². The molecule has 1 aliphatic heterocycles. The van der Waals surface area contributed by atoms with E-state index in [1.807, 2.05) is 12.1 Å². The lowest BCUT2D eigenvalue weighted by molar-refractivity contribution is 0.0888. The Labute approximate surface area is 163 Å². The predicted octanol–water partition coefficient (Wildman–Crippen LogP) is 4.13. The van der Waals surface area contributed by atoms with Crippen LogP contribution in [0.1, 0.15) is 40.0 Å². The van der Waals surface area contributed by atoms with E-state index in [0.717, 1.165) is 54.6 Å². The van der Waals surface area contributed by atoms with Crippen molar-refractivity contribution in [3.05, 3.63) is 57.3 Å². The molecule has 0 bridgehead atoms. The maximum absolute atomic E-state index is 13.0. The number of piperidine rings is 1. The molecule has 0 amide bonds. The molecule has 3 rings (SSSR count). The maximum Gasteiger partial charge on any atom is 0.184 e. The van der Waals surface area contributed by atoms with Crippen molar-refractivity contribution in [1.29, 1.82) is 0 Å². The maximum atomic E-state index is 13.0. The van der Waals surface area contributed by atoms with Crippen LogP contribution >= 0.6 is 15.9 Å². The quantitative estimate of drug-likeness (QED) is 0.719. The number of halogens is 1. The highest BCUT2D eigenvalue weighted by atomic mass is 79.9. The standard InChI is InChI=1S/C21H25BrN2O2/c1-14-9-15(11-19(10-14)26-2)3-4-17-12-18(22)13-24-20(17)21(25)16-5-7-23-8-6-16/h9-13,16,23H,3-8H2,1-2H3. The number of methoxy groups -OCH3 is 1. The molecule has 0 radical (unpaired) electrons. The number of hydrogen-bond donors (Lipinski definition) is 1. The first kappa shape index (κ1) is 19.1. The number of nitrogens with one attached hydrogen (secondary N) is 1. The summed E-state index contributed by atoms with van der Waals surface area (Å²) in [4.78, 5) is 17.4. The van der Waals surface area contributed by atoms with Crippen molar-refractivity contribution >= 4 is 21.7 Å². The average molecular weight is 417 g/mol. The Morgan fingerprint density at radius 1 is 1.23 bits per heavy atom. The monoisotopic (exact) mass is 416 g/mol. The first-order valence-corrected chi connectivity index (χ1v) is 9.90. The van der Waals surface area contributed by atoms with Crippen LogP contribution in [0.5, 0.6) is 5.75 Å². The number of ketones is 1. The topological polar surface area (TPSA) is 51.2 Å². The average Bonchev–Trinajstić information content (AvgIpc) is 2.66. The van der Waals surface area contributed by atoms with Crippen molar-refractivity contribution in [2.75, 3.05) is 20.2 Å². The zero-order chi connectivity index (χ0) is 18.5. The molecule has 0 aliphatic carbocycles. The molecular weight excluding hydrogens is 392 g/mol. The number of Topliss-reactive ketones (excluding diaryl/α,β-unsaturated/α-hetero) is 1. The number of aryl methyl sites for hydroxylation is 3. The SMILES string of the molecule is COc1cc(C)cc(CCc2cc(Br)cnc2C(=O)C2CCNCC2)c1. The highest BCUT2D eigenvalue weighted by molar-refractivity contribution is 9.10. The molecule has 1 saturated heterocycles. The molecule has 2 aromatic rings. The number of benzene rings is 1. The van der Waals surface area contributed by atoms with Gasteiger partial charge in [-0.1, -0.05) is 6.07 Å². The van der Waals surface area contributed by atoms with Crippen molar-refractivity contribution < 1.29 is 9.53 Å². The van der Waals surface area contributed by atoms with E-state index in [2.05, 4.69) is 45.3 Å². The first-order chi connectivity index (χ1) is 12.6. The van der Waals surface area contributed by atoms with E-state index in [-0.39, 0.29) is 11.7 Å². The second-order valence-electron chi connectivity index (χ2n) is 6.91. The molecule has 4 nitrogen and oxygen atoms in total. The molecule has 1 N–H and O–H groups in total.